The van der Waals surface area contributed by atoms with Crippen molar-refractivity contribution >= 4 is 29.3 Å². The Labute approximate surface area is 178 Å². The Kier molecular flexibility index (Phi) is 7.44. The third-order valence-electron chi connectivity index (χ3n) is 5.02. The molecule has 1 saturated heterocycles. The molecule has 2 aromatic rings. The molecule has 0 bridgehead atoms. The first kappa shape index (κ1) is 21.2. The van der Waals surface area contributed by atoms with Crippen LogP contribution in [-0.2, 0) is 11.3 Å². The van der Waals surface area contributed by atoms with E-state index in [1.54, 1.807) is 11.8 Å². The van der Waals surface area contributed by atoms with Crippen LogP contribution in [0.25, 0.3) is 0 Å². The molecule has 5 heteroatoms. The summed E-state index contributed by atoms with van der Waals surface area (Å²) in [6.45, 7) is 9.45. The third kappa shape index (κ3) is 5.31. The minimum absolute atomic E-state index is 0.0144. The highest BCUT2D eigenvalue weighted by Crippen LogP contribution is 2.40. The molecule has 1 heterocycles. The van der Waals surface area contributed by atoms with Gasteiger partial charge in [0.25, 0.3) is 0 Å². The molecule has 3 nitrogen and oxygen atoms in total. The molecule has 3 rings (SSSR count). The molecule has 1 aliphatic rings. The summed E-state index contributed by atoms with van der Waals surface area (Å²) < 4.78 is 0. The van der Waals surface area contributed by atoms with Gasteiger partial charge in [-0.25, -0.2) is 0 Å². The molecule has 0 aliphatic carbocycles. The van der Waals surface area contributed by atoms with Crippen LogP contribution in [-0.4, -0.2) is 41.1 Å². The second kappa shape index (κ2) is 9.82. The molecule has 0 spiro atoms. The van der Waals surface area contributed by atoms with Crippen molar-refractivity contribution in [2.75, 3.05) is 25.4 Å². The summed E-state index contributed by atoms with van der Waals surface area (Å²) >= 11 is 8.21. The maximum absolute atomic E-state index is 13.2. The van der Waals surface area contributed by atoms with Gasteiger partial charge in [-0.15, -0.1) is 11.8 Å². The van der Waals surface area contributed by atoms with E-state index < -0.39 is 0 Å². The molecule has 0 N–H and O–H groups in total. The van der Waals surface area contributed by atoms with Crippen LogP contribution in [0.1, 0.15) is 35.9 Å². The van der Waals surface area contributed by atoms with Gasteiger partial charge in [-0.05, 0) is 30.0 Å². The molecular formula is C23H29ClN2OS. The second-order valence-corrected chi connectivity index (χ2v) is 9.42. The van der Waals surface area contributed by atoms with E-state index in [9.17, 15) is 4.79 Å². The van der Waals surface area contributed by atoms with Gasteiger partial charge in [0.1, 0.15) is 5.37 Å². The van der Waals surface area contributed by atoms with E-state index in [0.717, 1.165) is 36.0 Å². The summed E-state index contributed by atoms with van der Waals surface area (Å²) in [7, 11) is 0. The number of rotatable bonds is 7. The fraction of sp³-hybridized carbons (Fsp3) is 0.435. The van der Waals surface area contributed by atoms with Crippen LogP contribution >= 0.6 is 23.4 Å². The summed E-state index contributed by atoms with van der Waals surface area (Å²) in [5, 5.41) is 0.749. The van der Waals surface area contributed by atoms with Crippen molar-refractivity contribution in [1.82, 2.24) is 9.80 Å². The predicted molar refractivity (Wildman–Crippen MR) is 120 cm³/mol. The van der Waals surface area contributed by atoms with E-state index >= 15 is 0 Å². The van der Waals surface area contributed by atoms with Crippen molar-refractivity contribution in [3.05, 3.63) is 70.2 Å². The summed E-state index contributed by atoms with van der Waals surface area (Å²) in [6, 6.07) is 16.3. The van der Waals surface area contributed by atoms with Gasteiger partial charge in [-0.2, -0.15) is 0 Å². The average Bonchev–Trinajstić information content (AvgIpc) is 3.13. The van der Waals surface area contributed by atoms with E-state index in [-0.39, 0.29) is 11.3 Å². The van der Waals surface area contributed by atoms with Crippen LogP contribution in [0.2, 0.25) is 5.02 Å². The molecule has 0 radical (unpaired) electrons. The molecule has 0 saturated carbocycles. The number of halogens is 1. The quantitative estimate of drug-likeness (QED) is 0.605. The molecule has 0 aromatic heterocycles. The highest BCUT2D eigenvalue weighted by molar-refractivity contribution is 7.99. The van der Waals surface area contributed by atoms with Crippen molar-refractivity contribution < 1.29 is 4.79 Å². The molecule has 1 aliphatic heterocycles. The molecule has 1 fully saturated rings. The lowest BCUT2D eigenvalue weighted by Gasteiger charge is -2.30. The van der Waals surface area contributed by atoms with E-state index in [1.165, 1.54) is 11.1 Å². The van der Waals surface area contributed by atoms with E-state index in [1.807, 2.05) is 29.2 Å². The molecule has 1 amide bonds. The number of carbonyl (C=O) groups is 1. The topological polar surface area (TPSA) is 23.6 Å². The van der Waals surface area contributed by atoms with Gasteiger partial charge in [0.15, 0.2) is 0 Å². The van der Waals surface area contributed by atoms with Crippen LogP contribution in [0.4, 0.5) is 0 Å². The molecule has 28 heavy (non-hydrogen) atoms. The maximum atomic E-state index is 13.2. The lowest BCUT2D eigenvalue weighted by atomic mass is 10.1. The first-order valence-electron chi connectivity index (χ1n) is 9.88. The van der Waals surface area contributed by atoms with Gasteiger partial charge in [-0.3, -0.25) is 9.69 Å². The molecule has 0 unspecified atom stereocenters. The number of aryl methyl sites for hydroxylation is 1. The predicted octanol–water partition coefficient (Wildman–Crippen LogP) is 5.38. The Balaban J connectivity index is 1.73. The van der Waals surface area contributed by atoms with Crippen molar-refractivity contribution in [2.24, 2.45) is 5.92 Å². The van der Waals surface area contributed by atoms with Crippen LogP contribution in [0.15, 0.2) is 48.5 Å². The summed E-state index contributed by atoms with van der Waals surface area (Å²) in [6.07, 6.45) is 0. The largest absolute Gasteiger partial charge is 0.325 e. The normalized spacial score (nSPS) is 16.9. The molecule has 1 atom stereocenters. The van der Waals surface area contributed by atoms with Crippen molar-refractivity contribution in [2.45, 2.75) is 32.7 Å². The highest BCUT2D eigenvalue weighted by atomic mass is 35.5. The van der Waals surface area contributed by atoms with E-state index in [0.29, 0.717) is 12.5 Å². The minimum atomic E-state index is 0.0144. The monoisotopic (exact) mass is 416 g/mol. The number of benzene rings is 2. The SMILES string of the molecule is Cc1ccccc1CN(CC(=O)N1CCS[C@@H]1c1ccccc1Cl)CC(C)C. The van der Waals surface area contributed by atoms with Gasteiger partial charge in [-0.1, -0.05) is 67.9 Å². The second-order valence-electron chi connectivity index (χ2n) is 7.82. The molecule has 150 valence electrons. The number of thioether (sulfide) groups is 1. The summed E-state index contributed by atoms with van der Waals surface area (Å²) in [5.41, 5.74) is 3.60. The van der Waals surface area contributed by atoms with Gasteiger partial charge in [0.05, 0.1) is 6.54 Å². The summed E-state index contributed by atoms with van der Waals surface area (Å²) in [4.78, 5) is 17.5. The Morgan fingerprint density at radius 3 is 2.64 bits per heavy atom. The highest BCUT2D eigenvalue weighted by Gasteiger charge is 2.32. The molecule has 2 aromatic carbocycles. The van der Waals surface area contributed by atoms with Crippen LogP contribution < -0.4 is 0 Å². The van der Waals surface area contributed by atoms with Crippen molar-refractivity contribution in [3.8, 4) is 0 Å². The zero-order valence-electron chi connectivity index (χ0n) is 16.9. The third-order valence-corrected chi connectivity index (χ3v) is 6.61. The van der Waals surface area contributed by atoms with E-state index in [4.69, 9.17) is 11.6 Å². The standard InChI is InChI=1S/C23H29ClN2OS/c1-17(2)14-25(15-19-9-5-4-8-18(19)3)16-22(27)26-12-13-28-23(26)20-10-6-7-11-21(20)24/h4-11,17,23H,12-16H2,1-3H3/t23-/m1/s1. The maximum Gasteiger partial charge on any atom is 0.237 e. The van der Waals surface area contributed by atoms with Crippen LogP contribution in [0.3, 0.4) is 0 Å². The number of amides is 1. The smallest absolute Gasteiger partial charge is 0.237 e. The van der Waals surface area contributed by atoms with Gasteiger partial charge in [0.2, 0.25) is 5.91 Å². The van der Waals surface area contributed by atoms with Gasteiger partial charge >= 0.3 is 0 Å². The zero-order valence-corrected chi connectivity index (χ0v) is 18.5. The first-order valence-corrected chi connectivity index (χ1v) is 11.3. The van der Waals surface area contributed by atoms with Crippen molar-refractivity contribution in [1.29, 1.82) is 0 Å². The molecular weight excluding hydrogens is 388 g/mol. The number of hydrogen-bond acceptors (Lipinski definition) is 3. The van der Waals surface area contributed by atoms with Crippen LogP contribution in [0, 0.1) is 12.8 Å². The Bertz CT molecular complexity index is 811. The Morgan fingerprint density at radius 1 is 1.21 bits per heavy atom. The summed E-state index contributed by atoms with van der Waals surface area (Å²) in [5.74, 6) is 1.64. The lowest BCUT2D eigenvalue weighted by molar-refractivity contribution is -0.132. The van der Waals surface area contributed by atoms with E-state index in [2.05, 4.69) is 49.9 Å². The van der Waals surface area contributed by atoms with Crippen molar-refractivity contribution in [3.63, 3.8) is 0 Å². The number of carbonyl (C=O) groups excluding carboxylic acids is 1. The van der Waals surface area contributed by atoms with Gasteiger partial charge in [0, 0.05) is 36.0 Å². The van der Waals surface area contributed by atoms with Crippen LogP contribution in [0.5, 0.6) is 0 Å². The zero-order chi connectivity index (χ0) is 20.1. The minimum Gasteiger partial charge on any atom is -0.325 e. The average molecular weight is 417 g/mol. The number of nitrogens with zero attached hydrogens (tertiary/aromatic N) is 2. The fourth-order valence-corrected chi connectivity index (χ4v) is 5.29. The van der Waals surface area contributed by atoms with Gasteiger partial charge < -0.3 is 4.90 Å². The Morgan fingerprint density at radius 2 is 1.93 bits per heavy atom. The fourth-order valence-electron chi connectivity index (χ4n) is 3.67. The Hall–Kier alpha value is -1.49. The lowest BCUT2D eigenvalue weighted by Crippen LogP contribution is -2.41. The number of hydrogen-bond donors (Lipinski definition) is 0. The first-order chi connectivity index (χ1) is 13.5.